The van der Waals surface area contributed by atoms with Gasteiger partial charge in [0.15, 0.2) is 0 Å². The first-order valence-corrected chi connectivity index (χ1v) is 7.63. The standard InChI is InChI=1S/C15H27NO6/c1-5-20-7-8-21-10-12(17)16-15(13(18)19)9-11(22-6-2)14(15,3)4/h11H,5-10H2,1-4H3,(H,16,17)(H,18,19). The summed E-state index contributed by atoms with van der Waals surface area (Å²) < 4.78 is 15.8. The fourth-order valence-electron chi connectivity index (χ4n) is 2.74. The van der Waals surface area contributed by atoms with Crippen LogP contribution in [0.4, 0.5) is 0 Å². The van der Waals surface area contributed by atoms with E-state index in [2.05, 4.69) is 5.32 Å². The topological polar surface area (TPSA) is 94.1 Å². The quantitative estimate of drug-likeness (QED) is 0.579. The Labute approximate surface area is 131 Å². The molecule has 1 aliphatic carbocycles. The molecule has 1 rings (SSSR count). The fraction of sp³-hybridized carbons (Fsp3) is 0.867. The minimum absolute atomic E-state index is 0.183. The van der Waals surface area contributed by atoms with E-state index in [1.54, 1.807) is 13.8 Å². The molecule has 0 heterocycles. The lowest BCUT2D eigenvalue weighted by molar-refractivity contribution is -0.195. The van der Waals surface area contributed by atoms with E-state index in [1.807, 2.05) is 13.8 Å². The number of carboxylic acids is 1. The number of hydrogen-bond acceptors (Lipinski definition) is 5. The van der Waals surface area contributed by atoms with Crippen molar-refractivity contribution < 1.29 is 28.9 Å². The number of nitrogens with one attached hydrogen (secondary N) is 1. The zero-order valence-electron chi connectivity index (χ0n) is 13.8. The maximum atomic E-state index is 12.0. The second-order valence-corrected chi connectivity index (χ2v) is 5.88. The van der Waals surface area contributed by atoms with Gasteiger partial charge in [-0.3, -0.25) is 4.79 Å². The Kier molecular flexibility index (Phi) is 6.77. The van der Waals surface area contributed by atoms with Crippen LogP contribution in [0.3, 0.4) is 0 Å². The Morgan fingerprint density at radius 1 is 1.18 bits per heavy atom. The smallest absolute Gasteiger partial charge is 0.330 e. The van der Waals surface area contributed by atoms with Gasteiger partial charge in [0.2, 0.25) is 5.91 Å². The van der Waals surface area contributed by atoms with Gasteiger partial charge in [-0.2, -0.15) is 0 Å². The summed E-state index contributed by atoms with van der Waals surface area (Å²) in [6.45, 7) is 8.94. The summed E-state index contributed by atoms with van der Waals surface area (Å²) in [4.78, 5) is 23.6. The van der Waals surface area contributed by atoms with Gasteiger partial charge in [-0.1, -0.05) is 13.8 Å². The van der Waals surface area contributed by atoms with E-state index in [9.17, 15) is 14.7 Å². The predicted molar refractivity (Wildman–Crippen MR) is 79.6 cm³/mol. The molecule has 0 aromatic heterocycles. The van der Waals surface area contributed by atoms with E-state index >= 15 is 0 Å². The van der Waals surface area contributed by atoms with Crippen LogP contribution >= 0.6 is 0 Å². The Balaban J connectivity index is 2.55. The summed E-state index contributed by atoms with van der Waals surface area (Å²) in [6, 6.07) is 0. The number of carbonyl (C=O) groups excluding carboxylic acids is 1. The van der Waals surface area contributed by atoms with Crippen LogP contribution in [0, 0.1) is 5.41 Å². The summed E-state index contributed by atoms with van der Waals surface area (Å²) >= 11 is 0. The second kappa shape index (κ2) is 7.89. The molecule has 1 fully saturated rings. The molecule has 1 aliphatic rings. The summed E-state index contributed by atoms with van der Waals surface area (Å²) in [5.41, 5.74) is -2.00. The third-order valence-corrected chi connectivity index (χ3v) is 4.29. The zero-order valence-corrected chi connectivity index (χ0v) is 13.8. The number of carbonyl (C=O) groups is 2. The molecule has 0 bridgehead atoms. The second-order valence-electron chi connectivity index (χ2n) is 5.88. The van der Waals surface area contributed by atoms with Crippen molar-refractivity contribution in [2.45, 2.75) is 45.8 Å². The average molecular weight is 317 g/mol. The molecule has 2 N–H and O–H groups in total. The van der Waals surface area contributed by atoms with Crippen molar-refractivity contribution in [3.63, 3.8) is 0 Å². The largest absolute Gasteiger partial charge is 0.479 e. The molecule has 0 aliphatic heterocycles. The van der Waals surface area contributed by atoms with Crippen LogP contribution < -0.4 is 5.32 Å². The van der Waals surface area contributed by atoms with Crippen molar-refractivity contribution in [3.05, 3.63) is 0 Å². The number of hydrogen-bond donors (Lipinski definition) is 2. The van der Waals surface area contributed by atoms with E-state index in [4.69, 9.17) is 14.2 Å². The van der Waals surface area contributed by atoms with Gasteiger partial charge in [0.25, 0.3) is 0 Å². The fourth-order valence-corrected chi connectivity index (χ4v) is 2.74. The van der Waals surface area contributed by atoms with Gasteiger partial charge in [-0.25, -0.2) is 4.79 Å². The molecule has 2 unspecified atom stereocenters. The van der Waals surface area contributed by atoms with Crippen LogP contribution in [0.5, 0.6) is 0 Å². The molecule has 1 amide bonds. The number of aliphatic carboxylic acids is 1. The average Bonchev–Trinajstić information content (AvgIpc) is 2.45. The Bertz CT molecular complexity index is 397. The van der Waals surface area contributed by atoms with E-state index in [0.717, 1.165) is 0 Å². The number of carboxylic acid groups (broad SMARTS) is 1. The molecule has 22 heavy (non-hydrogen) atoms. The molecule has 0 saturated heterocycles. The third kappa shape index (κ3) is 3.77. The van der Waals surface area contributed by atoms with Crippen LogP contribution in [-0.2, 0) is 23.8 Å². The Hall–Kier alpha value is -1.18. The molecular weight excluding hydrogens is 290 g/mol. The predicted octanol–water partition coefficient (Wildman–Crippen LogP) is 0.814. The van der Waals surface area contributed by atoms with Gasteiger partial charge in [0.1, 0.15) is 12.1 Å². The van der Waals surface area contributed by atoms with E-state index in [0.29, 0.717) is 26.4 Å². The molecule has 128 valence electrons. The Morgan fingerprint density at radius 2 is 1.82 bits per heavy atom. The SMILES string of the molecule is CCOCCOCC(=O)NC1(C(=O)O)CC(OCC)C1(C)C. The number of rotatable bonds is 10. The van der Waals surface area contributed by atoms with Crippen molar-refractivity contribution in [2.75, 3.05) is 33.0 Å². The zero-order chi connectivity index (χ0) is 16.8. The minimum atomic E-state index is -1.31. The van der Waals surface area contributed by atoms with Gasteiger partial charge in [-0.05, 0) is 13.8 Å². The highest BCUT2D eigenvalue weighted by atomic mass is 16.5. The van der Waals surface area contributed by atoms with E-state index in [1.165, 1.54) is 0 Å². The molecule has 7 heteroatoms. The van der Waals surface area contributed by atoms with Crippen LogP contribution in [0.15, 0.2) is 0 Å². The van der Waals surface area contributed by atoms with Gasteiger partial charge in [0, 0.05) is 25.0 Å². The Morgan fingerprint density at radius 3 is 2.32 bits per heavy atom. The maximum Gasteiger partial charge on any atom is 0.330 e. The van der Waals surface area contributed by atoms with Gasteiger partial charge in [-0.15, -0.1) is 0 Å². The highest BCUT2D eigenvalue weighted by Crippen LogP contribution is 2.51. The summed E-state index contributed by atoms with van der Waals surface area (Å²) in [6.07, 6.45) is 0.0705. The lowest BCUT2D eigenvalue weighted by Crippen LogP contribution is -2.76. The van der Waals surface area contributed by atoms with Crippen molar-refractivity contribution in [1.82, 2.24) is 5.32 Å². The van der Waals surface area contributed by atoms with Crippen LogP contribution in [0.2, 0.25) is 0 Å². The lowest BCUT2D eigenvalue weighted by atomic mass is 9.54. The highest BCUT2D eigenvalue weighted by Gasteiger charge is 2.66. The third-order valence-electron chi connectivity index (χ3n) is 4.29. The maximum absolute atomic E-state index is 12.0. The van der Waals surface area contributed by atoms with E-state index in [-0.39, 0.29) is 19.1 Å². The minimum Gasteiger partial charge on any atom is -0.479 e. The van der Waals surface area contributed by atoms with Crippen LogP contribution in [0.1, 0.15) is 34.1 Å². The monoisotopic (exact) mass is 317 g/mol. The first-order chi connectivity index (χ1) is 10.3. The first-order valence-electron chi connectivity index (χ1n) is 7.63. The van der Waals surface area contributed by atoms with Gasteiger partial charge >= 0.3 is 5.97 Å². The number of amides is 1. The molecule has 1 saturated carbocycles. The number of ether oxygens (including phenoxy) is 3. The van der Waals surface area contributed by atoms with Gasteiger partial charge < -0.3 is 24.6 Å². The molecular formula is C15H27NO6. The van der Waals surface area contributed by atoms with Crippen LogP contribution in [-0.4, -0.2) is 61.7 Å². The highest BCUT2D eigenvalue weighted by molar-refractivity contribution is 5.89. The summed E-state index contributed by atoms with van der Waals surface area (Å²) in [5.74, 6) is -1.49. The molecule has 0 spiro atoms. The normalized spacial score (nSPS) is 26.3. The molecule has 0 aromatic rings. The lowest BCUT2D eigenvalue weighted by Gasteiger charge is -2.58. The van der Waals surface area contributed by atoms with Gasteiger partial charge in [0.05, 0.1) is 19.3 Å². The molecule has 0 aromatic carbocycles. The van der Waals surface area contributed by atoms with Crippen molar-refractivity contribution in [3.8, 4) is 0 Å². The van der Waals surface area contributed by atoms with Crippen molar-refractivity contribution in [2.24, 2.45) is 5.41 Å². The van der Waals surface area contributed by atoms with Crippen LogP contribution in [0.25, 0.3) is 0 Å². The summed E-state index contributed by atoms with van der Waals surface area (Å²) in [7, 11) is 0. The first kappa shape index (κ1) is 18.9. The molecule has 7 nitrogen and oxygen atoms in total. The van der Waals surface area contributed by atoms with E-state index < -0.39 is 22.8 Å². The summed E-state index contributed by atoms with van der Waals surface area (Å²) in [5, 5.41) is 12.2. The van der Waals surface area contributed by atoms with Crippen molar-refractivity contribution >= 4 is 11.9 Å². The van der Waals surface area contributed by atoms with Crippen molar-refractivity contribution in [1.29, 1.82) is 0 Å². The molecule has 0 radical (unpaired) electrons. The molecule has 2 atom stereocenters.